The van der Waals surface area contributed by atoms with Gasteiger partial charge in [0, 0.05) is 12.1 Å². The lowest BCUT2D eigenvalue weighted by molar-refractivity contribution is 0.142. The van der Waals surface area contributed by atoms with Gasteiger partial charge in [-0.05, 0) is 33.6 Å². The molecule has 1 aliphatic rings. The van der Waals surface area contributed by atoms with Crippen LogP contribution in [-0.2, 0) is 0 Å². The van der Waals surface area contributed by atoms with Crippen molar-refractivity contribution in [3.05, 3.63) is 0 Å². The van der Waals surface area contributed by atoms with Crippen molar-refractivity contribution in [1.29, 1.82) is 0 Å². The molecule has 0 spiro atoms. The second kappa shape index (κ2) is 4.41. The number of hydrogen-bond acceptors (Lipinski definition) is 1. The Morgan fingerprint density at radius 2 is 1.77 bits per heavy atom. The maximum Gasteiger partial charge on any atom is 0.120 e. The predicted octanol–water partition coefficient (Wildman–Crippen LogP) is 3.05. The van der Waals surface area contributed by atoms with Gasteiger partial charge in [0.25, 0.3) is 0 Å². The Hall–Kier alpha value is -0.110. The van der Waals surface area contributed by atoms with E-state index >= 15 is 0 Å². The molecule has 2 heteroatoms. The van der Waals surface area contributed by atoms with Gasteiger partial charge in [0.1, 0.15) is 5.67 Å². The summed E-state index contributed by atoms with van der Waals surface area (Å²) in [4.78, 5) is 0. The van der Waals surface area contributed by atoms with Crippen molar-refractivity contribution in [3.63, 3.8) is 0 Å². The lowest BCUT2D eigenvalue weighted by Crippen LogP contribution is -2.47. The third-order valence-corrected chi connectivity index (χ3v) is 3.12. The van der Waals surface area contributed by atoms with E-state index in [9.17, 15) is 4.39 Å². The normalized spacial score (nSPS) is 23.1. The zero-order valence-corrected chi connectivity index (χ0v) is 9.07. The molecule has 78 valence electrons. The van der Waals surface area contributed by atoms with Gasteiger partial charge in [0.15, 0.2) is 0 Å². The molecule has 1 nitrogen and oxygen atoms in total. The SMILES string of the molecule is C[C@H](NC1CCCCC1)C(C)(C)F. The molecule has 1 saturated carbocycles. The van der Waals surface area contributed by atoms with Crippen molar-refractivity contribution < 1.29 is 4.39 Å². The molecule has 0 aliphatic heterocycles. The highest BCUT2D eigenvalue weighted by molar-refractivity contribution is 4.84. The van der Waals surface area contributed by atoms with Crippen LogP contribution >= 0.6 is 0 Å². The van der Waals surface area contributed by atoms with E-state index in [1.165, 1.54) is 32.1 Å². The minimum absolute atomic E-state index is 0.0319. The van der Waals surface area contributed by atoms with E-state index in [1.807, 2.05) is 6.92 Å². The number of alkyl halides is 1. The number of hydrogen-bond donors (Lipinski definition) is 1. The van der Waals surface area contributed by atoms with Crippen molar-refractivity contribution in [2.24, 2.45) is 0 Å². The summed E-state index contributed by atoms with van der Waals surface area (Å²) in [6.07, 6.45) is 6.40. The van der Waals surface area contributed by atoms with E-state index in [4.69, 9.17) is 0 Å². The quantitative estimate of drug-likeness (QED) is 0.716. The zero-order valence-electron chi connectivity index (χ0n) is 9.07. The van der Waals surface area contributed by atoms with Crippen LogP contribution in [0.2, 0.25) is 0 Å². The van der Waals surface area contributed by atoms with Crippen LogP contribution in [-0.4, -0.2) is 17.8 Å². The Morgan fingerprint density at radius 1 is 1.23 bits per heavy atom. The van der Waals surface area contributed by atoms with Crippen LogP contribution in [0.4, 0.5) is 4.39 Å². The van der Waals surface area contributed by atoms with E-state index in [0.29, 0.717) is 6.04 Å². The molecule has 0 aromatic carbocycles. The smallest absolute Gasteiger partial charge is 0.120 e. The molecule has 1 fully saturated rings. The number of rotatable bonds is 3. The molecule has 0 heterocycles. The summed E-state index contributed by atoms with van der Waals surface area (Å²) in [6.45, 7) is 5.23. The first-order valence-electron chi connectivity index (χ1n) is 5.45. The molecule has 0 radical (unpaired) electrons. The molecule has 0 aromatic heterocycles. The van der Waals surface area contributed by atoms with Gasteiger partial charge in [0.05, 0.1) is 0 Å². The fourth-order valence-electron chi connectivity index (χ4n) is 1.82. The summed E-state index contributed by atoms with van der Waals surface area (Å²) >= 11 is 0. The first-order chi connectivity index (χ1) is 6.00. The molecule has 0 aromatic rings. The standard InChI is InChI=1S/C11H22FN/c1-9(11(2,3)12)13-10-7-5-4-6-8-10/h9-10,13H,4-8H2,1-3H3/t9-/m0/s1. The minimum atomic E-state index is -1.10. The third kappa shape index (κ3) is 3.63. The van der Waals surface area contributed by atoms with Crippen molar-refractivity contribution in [1.82, 2.24) is 5.32 Å². The van der Waals surface area contributed by atoms with Gasteiger partial charge in [0.2, 0.25) is 0 Å². The molecule has 0 saturated heterocycles. The summed E-state index contributed by atoms with van der Waals surface area (Å²) in [6, 6.07) is 0.523. The molecule has 1 aliphatic carbocycles. The average Bonchev–Trinajstić information content (AvgIpc) is 2.04. The van der Waals surface area contributed by atoms with Crippen molar-refractivity contribution >= 4 is 0 Å². The van der Waals surface area contributed by atoms with Gasteiger partial charge >= 0.3 is 0 Å². The summed E-state index contributed by atoms with van der Waals surface area (Å²) < 4.78 is 13.5. The minimum Gasteiger partial charge on any atom is -0.308 e. The first kappa shape index (κ1) is 11.0. The molecule has 0 bridgehead atoms. The van der Waals surface area contributed by atoms with E-state index in [1.54, 1.807) is 13.8 Å². The van der Waals surface area contributed by atoms with Crippen LogP contribution in [0.15, 0.2) is 0 Å². The van der Waals surface area contributed by atoms with Crippen LogP contribution in [0, 0.1) is 0 Å². The Kier molecular flexibility index (Phi) is 3.72. The Bertz CT molecular complexity index is 145. The van der Waals surface area contributed by atoms with Gasteiger partial charge in [-0.25, -0.2) is 4.39 Å². The Morgan fingerprint density at radius 3 is 2.23 bits per heavy atom. The van der Waals surface area contributed by atoms with Crippen molar-refractivity contribution in [3.8, 4) is 0 Å². The molecule has 1 N–H and O–H groups in total. The Balaban J connectivity index is 2.30. The first-order valence-corrected chi connectivity index (χ1v) is 5.45. The van der Waals surface area contributed by atoms with Gasteiger partial charge in [-0.15, -0.1) is 0 Å². The highest BCUT2D eigenvalue weighted by Gasteiger charge is 2.27. The van der Waals surface area contributed by atoms with E-state index in [0.717, 1.165) is 0 Å². The molecular formula is C11H22FN. The van der Waals surface area contributed by atoms with Crippen LogP contribution in [0.3, 0.4) is 0 Å². The lowest BCUT2D eigenvalue weighted by atomic mass is 9.93. The van der Waals surface area contributed by atoms with Gasteiger partial charge in [-0.3, -0.25) is 0 Å². The zero-order chi connectivity index (χ0) is 9.90. The summed E-state index contributed by atoms with van der Waals surface area (Å²) in [7, 11) is 0. The number of halogens is 1. The predicted molar refractivity (Wildman–Crippen MR) is 54.7 cm³/mol. The topological polar surface area (TPSA) is 12.0 Å². The molecular weight excluding hydrogens is 165 g/mol. The van der Waals surface area contributed by atoms with E-state index in [-0.39, 0.29) is 6.04 Å². The Labute approximate surface area is 81.1 Å². The van der Waals surface area contributed by atoms with E-state index in [2.05, 4.69) is 5.32 Å². The molecule has 1 atom stereocenters. The van der Waals surface area contributed by atoms with Gasteiger partial charge < -0.3 is 5.32 Å². The monoisotopic (exact) mass is 187 g/mol. The highest BCUT2D eigenvalue weighted by Crippen LogP contribution is 2.21. The fraction of sp³-hybridized carbons (Fsp3) is 1.00. The van der Waals surface area contributed by atoms with Crippen LogP contribution in [0.25, 0.3) is 0 Å². The van der Waals surface area contributed by atoms with E-state index < -0.39 is 5.67 Å². The second-order valence-corrected chi connectivity index (χ2v) is 4.79. The van der Waals surface area contributed by atoms with Crippen molar-refractivity contribution in [2.45, 2.75) is 70.6 Å². The lowest BCUT2D eigenvalue weighted by Gasteiger charge is -2.31. The van der Waals surface area contributed by atoms with Gasteiger partial charge in [-0.1, -0.05) is 19.3 Å². The van der Waals surface area contributed by atoms with Crippen LogP contribution in [0.1, 0.15) is 52.9 Å². The summed E-state index contributed by atoms with van der Waals surface area (Å²) in [5.41, 5.74) is -1.10. The largest absolute Gasteiger partial charge is 0.308 e. The maximum absolute atomic E-state index is 13.5. The second-order valence-electron chi connectivity index (χ2n) is 4.79. The van der Waals surface area contributed by atoms with Gasteiger partial charge in [-0.2, -0.15) is 0 Å². The average molecular weight is 187 g/mol. The number of nitrogens with one attached hydrogen (secondary N) is 1. The van der Waals surface area contributed by atoms with Crippen LogP contribution < -0.4 is 5.32 Å². The molecule has 0 unspecified atom stereocenters. The van der Waals surface area contributed by atoms with Crippen molar-refractivity contribution in [2.75, 3.05) is 0 Å². The highest BCUT2D eigenvalue weighted by atomic mass is 19.1. The maximum atomic E-state index is 13.5. The fourth-order valence-corrected chi connectivity index (χ4v) is 1.82. The third-order valence-electron chi connectivity index (χ3n) is 3.12. The van der Waals surface area contributed by atoms with Crippen LogP contribution in [0.5, 0.6) is 0 Å². The summed E-state index contributed by atoms with van der Waals surface area (Å²) in [5.74, 6) is 0. The summed E-state index contributed by atoms with van der Waals surface area (Å²) in [5, 5.41) is 3.38. The molecule has 0 amide bonds. The molecule has 1 rings (SSSR count). The molecule has 13 heavy (non-hydrogen) atoms.